The van der Waals surface area contributed by atoms with Gasteiger partial charge in [-0.3, -0.25) is 14.9 Å². The summed E-state index contributed by atoms with van der Waals surface area (Å²) in [4.78, 5) is 22.5. The molecule has 2 aromatic rings. The predicted molar refractivity (Wildman–Crippen MR) is 118 cm³/mol. The fourth-order valence-corrected chi connectivity index (χ4v) is 2.70. The number of methoxy groups -OCH3 is 1. The zero-order valence-electron chi connectivity index (χ0n) is 18.0. The fraction of sp³-hybridized carbons (Fsp3) is 0.304. The van der Waals surface area contributed by atoms with Gasteiger partial charge in [-0.05, 0) is 54.8 Å². The molecule has 2 rings (SSSR count). The molecule has 0 bridgehead atoms. The molecule has 0 saturated heterocycles. The number of nitrogens with zero attached hydrogens (tertiary/aromatic N) is 2. The summed E-state index contributed by atoms with van der Waals surface area (Å²) < 4.78 is 16.3. The van der Waals surface area contributed by atoms with Gasteiger partial charge in [0.05, 0.1) is 12.0 Å². The first-order valence-corrected chi connectivity index (χ1v) is 10.00. The van der Waals surface area contributed by atoms with Crippen molar-refractivity contribution in [2.24, 2.45) is 0 Å². The van der Waals surface area contributed by atoms with Crippen LogP contribution < -0.4 is 14.8 Å². The molecule has 0 heterocycles. The predicted octanol–water partition coefficient (Wildman–Crippen LogP) is 3.63. The van der Waals surface area contributed by atoms with E-state index < -0.39 is 10.8 Å². The van der Waals surface area contributed by atoms with Crippen molar-refractivity contribution in [1.29, 1.82) is 5.26 Å². The zero-order valence-corrected chi connectivity index (χ0v) is 18.0. The van der Waals surface area contributed by atoms with Gasteiger partial charge < -0.3 is 19.5 Å². The van der Waals surface area contributed by atoms with E-state index in [2.05, 4.69) is 5.32 Å². The molecule has 0 aromatic heterocycles. The average molecular weight is 439 g/mol. The number of nitro groups is 1. The molecule has 0 atom stereocenters. The normalized spacial score (nSPS) is 10.8. The number of nitrogens with one attached hydrogen (secondary N) is 1. The van der Waals surface area contributed by atoms with Gasteiger partial charge in [-0.15, -0.1) is 0 Å². The molecule has 32 heavy (non-hydrogen) atoms. The number of hydrogen-bond acceptors (Lipinski definition) is 7. The van der Waals surface area contributed by atoms with Crippen molar-refractivity contribution in [2.75, 3.05) is 26.9 Å². The smallest absolute Gasteiger partial charge is 0.269 e. The Balaban J connectivity index is 2.03. The highest BCUT2D eigenvalue weighted by atomic mass is 16.6. The Kier molecular flexibility index (Phi) is 9.69. The Bertz CT molecular complexity index is 996. The van der Waals surface area contributed by atoms with Crippen molar-refractivity contribution in [3.8, 4) is 17.6 Å². The van der Waals surface area contributed by atoms with Crippen LogP contribution in [0.5, 0.6) is 11.5 Å². The van der Waals surface area contributed by atoms with Gasteiger partial charge in [0.15, 0.2) is 11.5 Å². The lowest BCUT2D eigenvalue weighted by atomic mass is 10.1. The number of ether oxygens (including phenoxy) is 3. The minimum atomic E-state index is -0.462. The molecule has 0 saturated carbocycles. The summed E-state index contributed by atoms with van der Waals surface area (Å²) in [5.74, 6) is 0.429. The lowest BCUT2D eigenvalue weighted by Crippen LogP contribution is -2.26. The summed E-state index contributed by atoms with van der Waals surface area (Å²) >= 11 is 0. The van der Waals surface area contributed by atoms with E-state index in [-0.39, 0.29) is 17.9 Å². The number of benzene rings is 2. The Morgan fingerprint density at radius 3 is 2.59 bits per heavy atom. The van der Waals surface area contributed by atoms with Gasteiger partial charge in [0.1, 0.15) is 18.2 Å². The molecule has 0 fully saturated rings. The molecule has 0 aliphatic carbocycles. The van der Waals surface area contributed by atoms with Gasteiger partial charge in [-0.1, -0.05) is 6.07 Å². The minimum absolute atomic E-state index is 0.00842. The number of nitro benzene ring substituents is 1. The quantitative estimate of drug-likeness (QED) is 0.176. The Labute approximate surface area is 186 Å². The molecule has 9 nitrogen and oxygen atoms in total. The number of rotatable bonds is 12. The van der Waals surface area contributed by atoms with Crippen LogP contribution in [0.4, 0.5) is 5.69 Å². The van der Waals surface area contributed by atoms with E-state index in [1.165, 1.54) is 25.3 Å². The van der Waals surface area contributed by atoms with Gasteiger partial charge >= 0.3 is 0 Å². The van der Waals surface area contributed by atoms with Gasteiger partial charge in [0.25, 0.3) is 11.6 Å². The van der Waals surface area contributed by atoms with Crippen LogP contribution in [-0.2, 0) is 16.1 Å². The van der Waals surface area contributed by atoms with Crippen molar-refractivity contribution in [2.45, 2.75) is 20.0 Å². The third kappa shape index (κ3) is 7.41. The molecule has 1 N–H and O–H groups in total. The maximum Gasteiger partial charge on any atom is 0.269 e. The summed E-state index contributed by atoms with van der Waals surface area (Å²) in [6.07, 6.45) is 2.13. The highest BCUT2D eigenvalue weighted by molar-refractivity contribution is 6.01. The number of carbonyl (C=O) groups excluding carboxylic acids is 1. The molecule has 0 unspecified atom stereocenters. The van der Waals surface area contributed by atoms with E-state index in [9.17, 15) is 20.2 Å². The fourth-order valence-electron chi connectivity index (χ4n) is 2.70. The number of hydrogen-bond donors (Lipinski definition) is 1. The van der Waals surface area contributed by atoms with Crippen molar-refractivity contribution < 1.29 is 23.9 Å². The summed E-state index contributed by atoms with van der Waals surface area (Å²) in [7, 11) is 1.48. The lowest BCUT2D eigenvalue weighted by Gasteiger charge is -2.11. The van der Waals surface area contributed by atoms with E-state index in [4.69, 9.17) is 14.2 Å². The second kappa shape index (κ2) is 12.7. The van der Waals surface area contributed by atoms with Crippen LogP contribution in [0.2, 0.25) is 0 Å². The number of carbonyl (C=O) groups is 1. The van der Waals surface area contributed by atoms with Crippen LogP contribution in [-0.4, -0.2) is 37.7 Å². The molecule has 168 valence electrons. The van der Waals surface area contributed by atoms with E-state index >= 15 is 0 Å². The second-order valence-corrected chi connectivity index (χ2v) is 6.60. The minimum Gasteiger partial charge on any atom is -0.493 e. The molecular weight excluding hydrogens is 414 g/mol. The maximum atomic E-state index is 12.2. The van der Waals surface area contributed by atoms with Gasteiger partial charge in [-0.25, -0.2) is 0 Å². The molecule has 0 spiro atoms. The molecular formula is C23H25N3O6. The number of non-ortho nitro benzene ring substituents is 1. The Hall–Kier alpha value is -3.90. The third-order valence-corrected chi connectivity index (χ3v) is 4.36. The van der Waals surface area contributed by atoms with Crippen molar-refractivity contribution in [3.63, 3.8) is 0 Å². The van der Waals surface area contributed by atoms with E-state index in [0.717, 1.165) is 5.56 Å². The molecule has 2 aromatic carbocycles. The number of nitriles is 1. The van der Waals surface area contributed by atoms with Gasteiger partial charge in [0.2, 0.25) is 0 Å². The monoisotopic (exact) mass is 439 g/mol. The van der Waals surface area contributed by atoms with Crippen molar-refractivity contribution >= 4 is 17.7 Å². The van der Waals surface area contributed by atoms with Crippen LogP contribution in [0.1, 0.15) is 24.5 Å². The standard InChI is InChI=1S/C23H25N3O6/c1-3-31-12-4-11-25-23(27)19(15-24)13-18-7-10-21(22(14-18)30-2)32-16-17-5-8-20(9-6-17)26(28)29/h5-10,13-14H,3-4,11-12,16H2,1-2H3,(H,25,27)/b19-13+. The first-order chi connectivity index (χ1) is 15.5. The Morgan fingerprint density at radius 2 is 1.97 bits per heavy atom. The van der Waals surface area contributed by atoms with Crippen molar-refractivity contribution in [1.82, 2.24) is 5.32 Å². The first-order valence-electron chi connectivity index (χ1n) is 10.00. The first kappa shape index (κ1) is 24.4. The Morgan fingerprint density at radius 1 is 1.22 bits per heavy atom. The van der Waals surface area contributed by atoms with Crippen LogP contribution in [0, 0.1) is 21.4 Å². The van der Waals surface area contributed by atoms with Crippen molar-refractivity contribution in [3.05, 3.63) is 69.3 Å². The average Bonchev–Trinajstić information content (AvgIpc) is 2.81. The van der Waals surface area contributed by atoms with Crippen LogP contribution in [0.3, 0.4) is 0 Å². The highest BCUT2D eigenvalue weighted by Gasteiger charge is 2.11. The second-order valence-electron chi connectivity index (χ2n) is 6.60. The SMILES string of the molecule is CCOCCCNC(=O)/C(C#N)=C/c1ccc(OCc2ccc([N+](=O)[O-])cc2)c(OC)c1. The van der Waals surface area contributed by atoms with Crippen LogP contribution >= 0.6 is 0 Å². The lowest BCUT2D eigenvalue weighted by molar-refractivity contribution is -0.384. The summed E-state index contributed by atoms with van der Waals surface area (Å²) in [5.41, 5.74) is 1.34. The topological polar surface area (TPSA) is 124 Å². The highest BCUT2D eigenvalue weighted by Crippen LogP contribution is 2.30. The summed E-state index contributed by atoms with van der Waals surface area (Å²) in [5, 5.41) is 22.8. The molecule has 1 amide bonds. The van der Waals surface area contributed by atoms with E-state index in [1.54, 1.807) is 30.3 Å². The number of amides is 1. The van der Waals surface area contributed by atoms with E-state index in [1.807, 2.05) is 13.0 Å². The molecule has 9 heteroatoms. The largest absolute Gasteiger partial charge is 0.493 e. The zero-order chi connectivity index (χ0) is 23.3. The summed E-state index contributed by atoms with van der Waals surface area (Å²) in [6.45, 7) is 3.66. The van der Waals surface area contributed by atoms with Crippen LogP contribution in [0.25, 0.3) is 6.08 Å². The third-order valence-electron chi connectivity index (χ3n) is 4.36. The molecule has 0 aliphatic rings. The molecule has 0 radical (unpaired) electrons. The molecule has 0 aliphatic heterocycles. The summed E-state index contributed by atoms with van der Waals surface area (Å²) in [6, 6.07) is 13.0. The van der Waals surface area contributed by atoms with Gasteiger partial charge in [-0.2, -0.15) is 5.26 Å². The van der Waals surface area contributed by atoms with Gasteiger partial charge in [0, 0.05) is 31.9 Å². The van der Waals surface area contributed by atoms with E-state index in [0.29, 0.717) is 43.2 Å². The van der Waals surface area contributed by atoms with Crippen LogP contribution in [0.15, 0.2) is 48.0 Å². The maximum absolute atomic E-state index is 12.2.